The lowest BCUT2D eigenvalue weighted by atomic mass is 10.1. The minimum Gasteiger partial charge on any atom is -0.496 e. The molecule has 1 aromatic carbocycles. The van der Waals surface area contributed by atoms with E-state index in [0.29, 0.717) is 12.2 Å². The van der Waals surface area contributed by atoms with Crippen molar-refractivity contribution in [1.82, 2.24) is 10.2 Å². The number of ether oxygens (including phenoxy) is 1. The van der Waals surface area contributed by atoms with Crippen LogP contribution in [0.25, 0.3) is 0 Å². The van der Waals surface area contributed by atoms with Crippen LogP contribution < -0.4 is 10.1 Å². The Labute approximate surface area is 112 Å². The molecule has 1 aliphatic heterocycles. The lowest BCUT2D eigenvalue weighted by Crippen LogP contribution is -2.31. The van der Waals surface area contributed by atoms with Crippen molar-refractivity contribution >= 4 is 11.9 Å². The molecule has 1 aromatic rings. The first kappa shape index (κ1) is 13.4. The van der Waals surface area contributed by atoms with Gasteiger partial charge >= 0.3 is 6.03 Å². The molecule has 5 heteroatoms. The number of hydrogen-bond acceptors (Lipinski definition) is 3. The van der Waals surface area contributed by atoms with Crippen molar-refractivity contribution in [3.8, 4) is 5.75 Å². The topological polar surface area (TPSA) is 58.6 Å². The molecule has 1 atom stereocenters. The fourth-order valence-electron chi connectivity index (χ4n) is 2.21. The third kappa shape index (κ3) is 2.70. The fourth-order valence-corrected chi connectivity index (χ4v) is 2.21. The molecule has 0 bridgehead atoms. The summed E-state index contributed by atoms with van der Waals surface area (Å²) in [5, 5.41) is 2.71. The summed E-state index contributed by atoms with van der Waals surface area (Å²) < 4.78 is 5.23. The number of imide groups is 1. The number of nitrogens with one attached hydrogen (secondary N) is 1. The van der Waals surface area contributed by atoms with E-state index >= 15 is 0 Å². The van der Waals surface area contributed by atoms with Gasteiger partial charge in [0.1, 0.15) is 11.8 Å². The van der Waals surface area contributed by atoms with Gasteiger partial charge < -0.3 is 10.1 Å². The number of carbonyl (C=O) groups excluding carboxylic acids is 2. The van der Waals surface area contributed by atoms with Crippen molar-refractivity contribution in [2.24, 2.45) is 0 Å². The van der Waals surface area contributed by atoms with E-state index in [2.05, 4.69) is 5.32 Å². The second kappa shape index (κ2) is 5.73. The van der Waals surface area contributed by atoms with Crippen LogP contribution >= 0.6 is 0 Å². The third-order valence-electron chi connectivity index (χ3n) is 3.21. The number of amides is 3. The monoisotopic (exact) mass is 262 g/mol. The molecule has 1 aliphatic rings. The van der Waals surface area contributed by atoms with Crippen LogP contribution in [0.2, 0.25) is 0 Å². The van der Waals surface area contributed by atoms with Crippen LogP contribution in [0, 0.1) is 0 Å². The molecule has 0 aliphatic carbocycles. The number of para-hydroxylation sites is 1. The molecular weight excluding hydrogens is 244 g/mol. The molecule has 1 N–H and O–H groups in total. The first-order chi connectivity index (χ1) is 9.17. The quantitative estimate of drug-likeness (QED) is 0.825. The molecule has 0 aromatic heterocycles. The number of hydrogen-bond donors (Lipinski definition) is 1. The molecule has 1 unspecified atom stereocenters. The van der Waals surface area contributed by atoms with Crippen LogP contribution in [0.3, 0.4) is 0 Å². The Kier molecular flexibility index (Phi) is 4.04. The van der Waals surface area contributed by atoms with Gasteiger partial charge in [-0.15, -0.1) is 0 Å². The van der Waals surface area contributed by atoms with Gasteiger partial charge in [-0.2, -0.15) is 0 Å². The van der Waals surface area contributed by atoms with Crippen LogP contribution in [0.4, 0.5) is 4.79 Å². The van der Waals surface area contributed by atoms with Crippen LogP contribution in [-0.4, -0.2) is 30.0 Å². The van der Waals surface area contributed by atoms with Gasteiger partial charge in [0, 0.05) is 5.56 Å². The Balaban J connectivity index is 2.14. The third-order valence-corrected chi connectivity index (χ3v) is 3.21. The van der Waals surface area contributed by atoms with Gasteiger partial charge in [-0.05, 0) is 12.5 Å². The summed E-state index contributed by atoms with van der Waals surface area (Å²) in [7, 11) is 1.57. The first-order valence-corrected chi connectivity index (χ1v) is 6.41. The highest BCUT2D eigenvalue weighted by Gasteiger charge is 2.37. The number of carbonyl (C=O) groups is 2. The SMILES string of the molecule is CCCC1NC(=O)N(Cc2ccccc2OC)C1=O. The number of benzene rings is 1. The zero-order chi connectivity index (χ0) is 13.8. The van der Waals surface area contributed by atoms with Gasteiger partial charge in [-0.1, -0.05) is 31.5 Å². The molecule has 102 valence electrons. The van der Waals surface area contributed by atoms with Crippen molar-refractivity contribution < 1.29 is 14.3 Å². The minimum absolute atomic E-state index is 0.155. The number of rotatable bonds is 5. The molecule has 1 saturated heterocycles. The lowest BCUT2D eigenvalue weighted by Gasteiger charge is -2.15. The molecule has 0 spiro atoms. The summed E-state index contributed by atoms with van der Waals surface area (Å²) in [5.41, 5.74) is 0.825. The normalized spacial score (nSPS) is 18.6. The number of methoxy groups -OCH3 is 1. The molecule has 2 rings (SSSR count). The second-order valence-corrected chi connectivity index (χ2v) is 4.53. The molecular formula is C14H18N2O3. The Bertz CT molecular complexity index is 487. The van der Waals surface area contributed by atoms with Crippen LogP contribution in [0.1, 0.15) is 25.3 Å². The summed E-state index contributed by atoms with van der Waals surface area (Å²) in [4.78, 5) is 25.2. The lowest BCUT2D eigenvalue weighted by molar-refractivity contribution is -0.128. The summed E-state index contributed by atoms with van der Waals surface area (Å²) >= 11 is 0. The predicted octanol–water partition coefficient (Wildman–Crippen LogP) is 1.92. The second-order valence-electron chi connectivity index (χ2n) is 4.53. The zero-order valence-electron chi connectivity index (χ0n) is 11.2. The maximum atomic E-state index is 12.1. The highest BCUT2D eigenvalue weighted by molar-refractivity contribution is 6.04. The summed E-state index contributed by atoms with van der Waals surface area (Å²) in [6.07, 6.45) is 1.53. The zero-order valence-corrected chi connectivity index (χ0v) is 11.2. The van der Waals surface area contributed by atoms with Gasteiger partial charge in [0.25, 0.3) is 5.91 Å². The highest BCUT2D eigenvalue weighted by Crippen LogP contribution is 2.21. The molecule has 19 heavy (non-hydrogen) atoms. The summed E-state index contributed by atoms with van der Waals surface area (Å²) in [5.74, 6) is 0.528. The van der Waals surface area contributed by atoms with Crippen molar-refractivity contribution in [2.45, 2.75) is 32.4 Å². The standard InChI is InChI=1S/C14H18N2O3/c1-3-6-11-13(17)16(14(18)15-11)9-10-7-4-5-8-12(10)19-2/h4-5,7-8,11H,3,6,9H2,1-2H3,(H,15,18). The van der Waals surface area contributed by atoms with E-state index < -0.39 is 0 Å². The Morgan fingerprint density at radius 3 is 2.74 bits per heavy atom. The van der Waals surface area contributed by atoms with Gasteiger partial charge in [0.15, 0.2) is 0 Å². The maximum Gasteiger partial charge on any atom is 0.325 e. The molecule has 0 saturated carbocycles. The van der Waals surface area contributed by atoms with E-state index in [-0.39, 0.29) is 24.5 Å². The largest absolute Gasteiger partial charge is 0.496 e. The van der Waals surface area contributed by atoms with E-state index in [1.165, 1.54) is 4.90 Å². The number of nitrogens with zero attached hydrogens (tertiary/aromatic N) is 1. The molecule has 0 radical (unpaired) electrons. The minimum atomic E-state index is -0.382. The van der Waals surface area contributed by atoms with Crippen molar-refractivity contribution in [2.75, 3.05) is 7.11 Å². The van der Waals surface area contributed by atoms with Gasteiger partial charge in [-0.25, -0.2) is 4.79 Å². The smallest absolute Gasteiger partial charge is 0.325 e. The van der Waals surface area contributed by atoms with E-state index in [1.807, 2.05) is 31.2 Å². The van der Waals surface area contributed by atoms with Crippen molar-refractivity contribution in [3.63, 3.8) is 0 Å². The molecule has 1 fully saturated rings. The van der Waals surface area contributed by atoms with E-state index in [9.17, 15) is 9.59 Å². The fraction of sp³-hybridized carbons (Fsp3) is 0.429. The van der Waals surface area contributed by atoms with Crippen LogP contribution in [-0.2, 0) is 11.3 Å². The van der Waals surface area contributed by atoms with Gasteiger partial charge in [0.05, 0.1) is 13.7 Å². The Morgan fingerprint density at radius 1 is 1.32 bits per heavy atom. The maximum absolute atomic E-state index is 12.1. The molecule has 3 amide bonds. The molecule has 5 nitrogen and oxygen atoms in total. The van der Waals surface area contributed by atoms with Crippen molar-refractivity contribution in [3.05, 3.63) is 29.8 Å². The average molecular weight is 262 g/mol. The highest BCUT2D eigenvalue weighted by atomic mass is 16.5. The number of urea groups is 1. The molecule has 1 heterocycles. The average Bonchev–Trinajstić information content (AvgIpc) is 2.68. The van der Waals surface area contributed by atoms with Gasteiger partial charge in [-0.3, -0.25) is 9.69 Å². The summed E-state index contributed by atoms with van der Waals surface area (Å²) in [6.45, 7) is 2.23. The van der Waals surface area contributed by atoms with E-state index in [0.717, 1.165) is 12.0 Å². The Hall–Kier alpha value is -2.04. The predicted molar refractivity (Wildman–Crippen MR) is 70.8 cm³/mol. The van der Waals surface area contributed by atoms with E-state index in [1.54, 1.807) is 7.11 Å². The van der Waals surface area contributed by atoms with E-state index in [4.69, 9.17) is 4.74 Å². The van der Waals surface area contributed by atoms with Gasteiger partial charge in [0.2, 0.25) is 0 Å². The van der Waals surface area contributed by atoms with Crippen molar-refractivity contribution in [1.29, 1.82) is 0 Å². The van der Waals surface area contributed by atoms with Crippen LogP contribution in [0.15, 0.2) is 24.3 Å². The first-order valence-electron chi connectivity index (χ1n) is 6.41. The summed E-state index contributed by atoms with van der Waals surface area (Å²) in [6, 6.07) is 6.68. The van der Waals surface area contributed by atoms with Crippen LogP contribution in [0.5, 0.6) is 5.75 Å². The Morgan fingerprint density at radius 2 is 2.05 bits per heavy atom.